The molecule has 6 nitrogen and oxygen atoms in total. The van der Waals surface area contributed by atoms with Gasteiger partial charge < -0.3 is 14.5 Å². The number of piperidine rings is 1. The minimum Gasteiger partial charge on any atom is -0.376 e. The zero-order valence-electron chi connectivity index (χ0n) is 18.9. The lowest BCUT2D eigenvalue weighted by atomic mass is 9.95. The zero-order chi connectivity index (χ0) is 21.4. The molecule has 0 spiro atoms. The van der Waals surface area contributed by atoms with Gasteiger partial charge in [-0.1, -0.05) is 0 Å². The number of fused-ring (bicyclic) bond motifs is 2. The average molecular weight is 423 g/mol. The maximum absolute atomic E-state index is 13.0. The lowest BCUT2D eigenvalue weighted by molar-refractivity contribution is -0.137. The van der Waals surface area contributed by atoms with Gasteiger partial charge in [0.25, 0.3) is 0 Å². The number of nitrogens with zero attached hydrogens (tertiary/aromatic N) is 4. The highest BCUT2D eigenvalue weighted by molar-refractivity contribution is 5.84. The molecule has 1 aromatic heterocycles. The van der Waals surface area contributed by atoms with Crippen LogP contribution in [0.15, 0.2) is 12.1 Å². The second-order valence-electron chi connectivity index (χ2n) is 9.57. The topological polar surface area (TPSA) is 58.6 Å². The number of likely N-dealkylation sites (N-methyl/N-ethyl adjacent to an activating group) is 1. The van der Waals surface area contributed by atoms with E-state index in [2.05, 4.69) is 24.0 Å². The quantitative estimate of drug-likeness (QED) is 0.752. The molecule has 0 saturated carbocycles. The Balaban J connectivity index is 1.23. The molecule has 2 fully saturated rings. The molecule has 6 heteroatoms. The maximum atomic E-state index is 13.0. The fourth-order valence-electron chi connectivity index (χ4n) is 5.46. The second kappa shape index (κ2) is 8.73. The summed E-state index contributed by atoms with van der Waals surface area (Å²) in [6.45, 7) is 5.31. The van der Waals surface area contributed by atoms with Gasteiger partial charge in [-0.05, 0) is 81.5 Å². The van der Waals surface area contributed by atoms with E-state index >= 15 is 0 Å². The molecule has 2 saturated heterocycles. The van der Waals surface area contributed by atoms with Crippen LogP contribution in [0.1, 0.15) is 55.3 Å². The molecule has 3 heterocycles. The maximum Gasteiger partial charge on any atom is 0.226 e. The van der Waals surface area contributed by atoms with Crippen molar-refractivity contribution < 1.29 is 9.53 Å². The Bertz CT molecular complexity index is 962. The van der Waals surface area contributed by atoms with E-state index in [4.69, 9.17) is 14.7 Å². The molecule has 1 aromatic carbocycles. The largest absolute Gasteiger partial charge is 0.376 e. The lowest BCUT2D eigenvalue weighted by Gasteiger charge is -2.34. The molecule has 1 atom stereocenters. The molecule has 3 aliphatic rings. The number of rotatable bonds is 4. The average Bonchev–Trinajstić information content (AvgIpc) is 3.25. The number of benzene rings is 1. The van der Waals surface area contributed by atoms with Gasteiger partial charge in [-0.2, -0.15) is 0 Å². The van der Waals surface area contributed by atoms with Crippen LogP contribution in [0, 0.1) is 12.8 Å². The molecule has 1 aliphatic carbocycles. The van der Waals surface area contributed by atoms with E-state index in [1.54, 1.807) is 0 Å². The SMILES string of the molecule is Cc1nc(N2CCC(C(=O)N(C)CC3CCCCO3)CC2)nc2cc3c(cc12)CCC3. The molecule has 0 N–H and O–H groups in total. The molecule has 0 radical (unpaired) electrons. The monoisotopic (exact) mass is 422 g/mol. The minimum atomic E-state index is 0.0923. The molecule has 166 valence electrons. The van der Waals surface area contributed by atoms with Crippen LogP contribution in [0.25, 0.3) is 10.9 Å². The molecule has 1 amide bonds. The summed E-state index contributed by atoms with van der Waals surface area (Å²) in [5.41, 5.74) is 5.04. The standard InChI is InChI=1S/C25H34N4O2/c1-17-22-14-19-6-5-7-20(19)15-23(22)27-25(26-17)29-11-9-18(10-12-29)24(30)28(2)16-21-8-3-4-13-31-21/h14-15,18,21H,3-13,16H2,1-2H3. The van der Waals surface area contributed by atoms with E-state index in [0.29, 0.717) is 0 Å². The van der Waals surface area contributed by atoms with E-state index < -0.39 is 0 Å². The van der Waals surface area contributed by atoms with Crippen LogP contribution in [-0.4, -0.2) is 60.2 Å². The molecular formula is C25H34N4O2. The van der Waals surface area contributed by atoms with E-state index in [-0.39, 0.29) is 17.9 Å². The summed E-state index contributed by atoms with van der Waals surface area (Å²) in [5.74, 6) is 1.17. The highest BCUT2D eigenvalue weighted by Gasteiger charge is 2.30. The summed E-state index contributed by atoms with van der Waals surface area (Å²) in [5, 5.41) is 1.18. The molecular weight excluding hydrogens is 388 g/mol. The normalized spacial score (nSPS) is 22.0. The Morgan fingerprint density at radius 2 is 1.87 bits per heavy atom. The van der Waals surface area contributed by atoms with Crippen LogP contribution < -0.4 is 4.90 Å². The van der Waals surface area contributed by atoms with Crippen molar-refractivity contribution in [2.75, 3.05) is 38.2 Å². The summed E-state index contributed by atoms with van der Waals surface area (Å²) in [6.07, 6.45) is 8.93. The predicted molar refractivity (Wildman–Crippen MR) is 122 cm³/mol. The number of anilines is 1. The Hall–Kier alpha value is -2.21. The third-order valence-electron chi connectivity index (χ3n) is 7.34. The lowest BCUT2D eigenvalue weighted by Crippen LogP contribution is -2.44. The Kier molecular flexibility index (Phi) is 5.83. The first kappa shape index (κ1) is 20.7. The molecule has 31 heavy (non-hydrogen) atoms. The van der Waals surface area contributed by atoms with Gasteiger partial charge in [-0.15, -0.1) is 0 Å². The minimum absolute atomic E-state index is 0.0923. The van der Waals surface area contributed by atoms with Crippen molar-refractivity contribution in [2.45, 2.75) is 64.4 Å². The summed E-state index contributed by atoms with van der Waals surface area (Å²) in [7, 11) is 1.93. The van der Waals surface area contributed by atoms with Gasteiger partial charge >= 0.3 is 0 Å². The Morgan fingerprint density at radius 3 is 2.61 bits per heavy atom. The Morgan fingerprint density at radius 1 is 1.10 bits per heavy atom. The molecule has 2 aromatic rings. The number of aryl methyl sites for hydroxylation is 3. The Labute approximate surface area is 185 Å². The van der Waals surface area contributed by atoms with Crippen molar-refractivity contribution in [1.82, 2.24) is 14.9 Å². The summed E-state index contributed by atoms with van der Waals surface area (Å²) >= 11 is 0. The van der Waals surface area contributed by atoms with E-state index in [9.17, 15) is 4.79 Å². The van der Waals surface area contributed by atoms with Crippen LogP contribution >= 0.6 is 0 Å². The van der Waals surface area contributed by atoms with Crippen LogP contribution in [0.2, 0.25) is 0 Å². The van der Waals surface area contributed by atoms with Crippen molar-refractivity contribution in [2.24, 2.45) is 5.92 Å². The van der Waals surface area contributed by atoms with Gasteiger partial charge in [0.05, 0.1) is 17.3 Å². The number of aromatic nitrogens is 2. The smallest absolute Gasteiger partial charge is 0.226 e. The van der Waals surface area contributed by atoms with Gasteiger partial charge in [-0.25, -0.2) is 9.97 Å². The van der Waals surface area contributed by atoms with Gasteiger partial charge in [-0.3, -0.25) is 4.79 Å². The van der Waals surface area contributed by atoms with Crippen LogP contribution in [0.5, 0.6) is 0 Å². The molecule has 0 bridgehead atoms. The number of carbonyl (C=O) groups excluding carboxylic acids is 1. The predicted octanol–water partition coefficient (Wildman–Crippen LogP) is 3.67. The van der Waals surface area contributed by atoms with Crippen molar-refractivity contribution >= 4 is 22.8 Å². The van der Waals surface area contributed by atoms with Crippen molar-refractivity contribution in [1.29, 1.82) is 0 Å². The first-order valence-electron chi connectivity index (χ1n) is 12.0. The van der Waals surface area contributed by atoms with Gasteiger partial charge in [0.15, 0.2) is 0 Å². The first-order valence-corrected chi connectivity index (χ1v) is 12.0. The van der Waals surface area contributed by atoms with E-state index in [0.717, 1.165) is 75.5 Å². The molecule has 5 rings (SSSR count). The van der Waals surface area contributed by atoms with Crippen molar-refractivity contribution in [3.8, 4) is 0 Å². The summed E-state index contributed by atoms with van der Waals surface area (Å²) < 4.78 is 5.82. The number of amides is 1. The molecule has 2 aliphatic heterocycles. The number of hydrogen-bond acceptors (Lipinski definition) is 5. The fourth-order valence-corrected chi connectivity index (χ4v) is 5.46. The third kappa shape index (κ3) is 4.27. The van der Waals surface area contributed by atoms with Gasteiger partial charge in [0.2, 0.25) is 11.9 Å². The highest BCUT2D eigenvalue weighted by atomic mass is 16.5. The van der Waals surface area contributed by atoms with E-state index in [1.807, 2.05) is 11.9 Å². The zero-order valence-corrected chi connectivity index (χ0v) is 18.9. The highest BCUT2D eigenvalue weighted by Crippen LogP contribution is 2.30. The van der Waals surface area contributed by atoms with E-state index in [1.165, 1.54) is 35.8 Å². The summed E-state index contributed by atoms with van der Waals surface area (Å²) in [6, 6.07) is 4.57. The third-order valence-corrected chi connectivity index (χ3v) is 7.34. The van der Waals surface area contributed by atoms with Crippen LogP contribution in [0.3, 0.4) is 0 Å². The van der Waals surface area contributed by atoms with Gasteiger partial charge in [0, 0.05) is 44.6 Å². The van der Waals surface area contributed by atoms with Crippen LogP contribution in [-0.2, 0) is 22.4 Å². The molecule has 1 unspecified atom stereocenters. The van der Waals surface area contributed by atoms with Crippen molar-refractivity contribution in [3.05, 3.63) is 29.0 Å². The van der Waals surface area contributed by atoms with Crippen molar-refractivity contribution in [3.63, 3.8) is 0 Å². The number of hydrogen-bond donors (Lipinski definition) is 0. The second-order valence-corrected chi connectivity index (χ2v) is 9.57. The van der Waals surface area contributed by atoms with Gasteiger partial charge in [0.1, 0.15) is 0 Å². The first-order chi connectivity index (χ1) is 15.1. The number of ether oxygens (including phenoxy) is 1. The van der Waals surface area contributed by atoms with Crippen LogP contribution in [0.4, 0.5) is 5.95 Å². The fraction of sp³-hybridized carbons (Fsp3) is 0.640. The number of carbonyl (C=O) groups is 1. The summed E-state index contributed by atoms with van der Waals surface area (Å²) in [4.78, 5) is 26.9.